The molecule has 120 valence electrons. The zero-order valence-corrected chi connectivity index (χ0v) is 13.8. The second-order valence-corrected chi connectivity index (χ2v) is 7.05. The first-order valence-electron chi connectivity index (χ1n) is 8.78. The zero-order chi connectivity index (χ0) is 16.1. The van der Waals surface area contributed by atoms with Crippen LogP contribution in [0.25, 0.3) is 23.1 Å². The molecule has 3 nitrogen and oxygen atoms in total. The Labute approximate surface area is 141 Å². The minimum atomic E-state index is 0.535. The number of nitrogens with one attached hydrogen (secondary N) is 2. The quantitative estimate of drug-likeness (QED) is 0.736. The number of fused-ring (bicyclic) bond motifs is 6. The molecule has 1 aromatic carbocycles. The van der Waals surface area contributed by atoms with Crippen molar-refractivity contribution in [3.05, 3.63) is 64.6 Å². The summed E-state index contributed by atoms with van der Waals surface area (Å²) >= 11 is 0. The largest absolute Gasteiger partial charge is 0.358 e. The Hall–Kier alpha value is -2.39. The van der Waals surface area contributed by atoms with Crippen LogP contribution in [0.15, 0.2) is 36.5 Å². The molecule has 2 N–H and O–H groups in total. The van der Waals surface area contributed by atoms with E-state index in [-0.39, 0.29) is 0 Å². The van der Waals surface area contributed by atoms with Crippen LogP contribution in [-0.2, 0) is 6.42 Å². The summed E-state index contributed by atoms with van der Waals surface area (Å²) in [6.07, 6.45) is 9.96. The van der Waals surface area contributed by atoms with Crippen LogP contribution in [0.2, 0.25) is 0 Å². The number of hydrogen-bond acceptors (Lipinski definition) is 2. The van der Waals surface area contributed by atoms with Crippen LogP contribution in [0.4, 0.5) is 0 Å². The molecular formula is C21H21N3. The molecule has 5 rings (SSSR count). The van der Waals surface area contributed by atoms with Gasteiger partial charge in [0.25, 0.3) is 0 Å². The van der Waals surface area contributed by atoms with E-state index >= 15 is 0 Å². The average molecular weight is 315 g/mol. The minimum absolute atomic E-state index is 0.535. The molecule has 0 radical (unpaired) electrons. The van der Waals surface area contributed by atoms with Gasteiger partial charge in [-0.25, -0.2) is 0 Å². The molecule has 2 aromatic heterocycles. The first-order valence-corrected chi connectivity index (χ1v) is 8.78. The number of aromatic amines is 1. The van der Waals surface area contributed by atoms with Gasteiger partial charge >= 0.3 is 0 Å². The SMILES string of the molecule is Cc1ccc(/C=C/c2cccc3c4c([nH]c23)CC2CCC4N2)cn1. The second-order valence-electron chi connectivity index (χ2n) is 7.05. The fourth-order valence-corrected chi connectivity index (χ4v) is 4.23. The van der Waals surface area contributed by atoms with E-state index in [0.717, 1.165) is 17.7 Å². The third kappa shape index (κ3) is 2.20. The lowest BCUT2D eigenvalue weighted by Gasteiger charge is -2.21. The Bertz CT molecular complexity index is 934. The lowest BCUT2D eigenvalue weighted by atomic mass is 9.98. The van der Waals surface area contributed by atoms with Crippen molar-refractivity contribution in [2.45, 2.75) is 38.3 Å². The monoisotopic (exact) mass is 315 g/mol. The number of nitrogens with zero attached hydrogens (tertiary/aromatic N) is 1. The molecule has 2 bridgehead atoms. The van der Waals surface area contributed by atoms with Gasteiger partial charge in [-0.05, 0) is 42.5 Å². The maximum Gasteiger partial charge on any atom is 0.0533 e. The van der Waals surface area contributed by atoms with E-state index in [9.17, 15) is 0 Å². The number of H-pyrrole nitrogens is 1. The van der Waals surface area contributed by atoms with Gasteiger partial charge in [0.1, 0.15) is 0 Å². The molecule has 24 heavy (non-hydrogen) atoms. The van der Waals surface area contributed by atoms with Crippen molar-refractivity contribution in [2.75, 3.05) is 0 Å². The Balaban J connectivity index is 1.58. The van der Waals surface area contributed by atoms with Crippen molar-refractivity contribution in [2.24, 2.45) is 0 Å². The van der Waals surface area contributed by atoms with Gasteiger partial charge in [-0.1, -0.05) is 36.4 Å². The van der Waals surface area contributed by atoms with Crippen molar-refractivity contribution < 1.29 is 0 Å². The summed E-state index contributed by atoms with van der Waals surface area (Å²) in [5, 5.41) is 5.14. The van der Waals surface area contributed by atoms with E-state index in [2.05, 4.69) is 57.8 Å². The lowest BCUT2D eigenvalue weighted by Crippen LogP contribution is -2.31. The first-order chi connectivity index (χ1) is 11.8. The Kier molecular flexibility index (Phi) is 3.10. The highest BCUT2D eigenvalue weighted by atomic mass is 15.0. The summed E-state index contributed by atoms with van der Waals surface area (Å²) in [7, 11) is 0. The van der Waals surface area contributed by atoms with Crippen LogP contribution in [0, 0.1) is 6.92 Å². The summed E-state index contributed by atoms with van der Waals surface area (Å²) in [6, 6.07) is 12.0. The van der Waals surface area contributed by atoms with Crippen LogP contribution in [0.3, 0.4) is 0 Å². The van der Waals surface area contributed by atoms with E-state index < -0.39 is 0 Å². The predicted octanol–water partition coefficient (Wildman–Crippen LogP) is 4.39. The number of pyridine rings is 1. The fraction of sp³-hybridized carbons (Fsp3) is 0.286. The summed E-state index contributed by atoms with van der Waals surface area (Å²) in [6.45, 7) is 2.01. The Morgan fingerprint density at radius 1 is 1.12 bits per heavy atom. The van der Waals surface area contributed by atoms with Crippen molar-refractivity contribution >= 4 is 23.1 Å². The van der Waals surface area contributed by atoms with Crippen LogP contribution >= 0.6 is 0 Å². The van der Waals surface area contributed by atoms with E-state index in [1.807, 2.05) is 13.1 Å². The van der Waals surface area contributed by atoms with E-state index in [1.165, 1.54) is 40.6 Å². The van der Waals surface area contributed by atoms with Crippen molar-refractivity contribution in [3.63, 3.8) is 0 Å². The minimum Gasteiger partial charge on any atom is -0.358 e. The summed E-state index contributed by atoms with van der Waals surface area (Å²) < 4.78 is 0. The zero-order valence-electron chi connectivity index (χ0n) is 13.8. The van der Waals surface area contributed by atoms with E-state index in [1.54, 1.807) is 0 Å². The number of aryl methyl sites for hydroxylation is 1. The van der Waals surface area contributed by atoms with Crippen molar-refractivity contribution in [1.82, 2.24) is 15.3 Å². The van der Waals surface area contributed by atoms with Crippen molar-refractivity contribution in [1.29, 1.82) is 0 Å². The normalized spacial score (nSPS) is 22.4. The van der Waals surface area contributed by atoms with Crippen LogP contribution < -0.4 is 5.32 Å². The van der Waals surface area contributed by atoms with Crippen LogP contribution in [-0.4, -0.2) is 16.0 Å². The highest BCUT2D eigenvalue weighted by molar-refractivity contribution is 5.94. The topological polar surface area (TPSA) is 40.7 Å². The standard InChI is InChI=1S/C21H21N3/c1-13-5-6-14(12-22-13)7-8-15-3-2-4-17-20-18-10-9-16(23-18)11-19(20)24-21(15)17/h2-8,12,16,18,23-24H,9-11H2,1H3/b8-7+. The van der Waals surface area contributed by atoms with Crippen LogP contribution in [0.5, 0.6) is 0 Å². The molecule has 1 saturated heterocycles. The van der Waals surface area contributed by atoms with Gasteiger partial charge in [0.2, 0.25) is 0 Å². The van der Waals surface area contributed by atoms with Crippen molar-refractivity contribution in [3.8, 4) is 0 Å². The van der Waals surface area contributed by atoms with Gasteiger partial charge in [-0.15, -0.1) is 0 Å². The highest BCUT2D eigenvalue weighted by Crippen LogP contribution is 2.40. The molecule has 1 fully saturated rings. The predicted molar refractivity (Wildman–Crippen MR) is 98.8 cm³/mol. The highest BCUT2D eigenvalue weighted by Gasteiger charge is 2.34. The van der Waals surface area contributed by atoms with Gasteiger partial charge < -0.3 is 10.3 Å². The molecule has 4 heterocycles. The van der Waals surface area contributed by atoms with Gasteiger partial charge in [0.05, 0.1) is 5.52 Å². The summed E-state index contributed by atoms with van der Waals surface area (Å²) in [5.41, 5.74) is 7.65. The maximum absolute atomic E-state index is 4.37. The molecule has 0 spiro atoms. The molecule has 2 atom stereocenters. The maximum atomic E-state index is 4.37. The molecule has 2 unspecified atom stereocenters. The number of aromatic nitrogens is 2. The average Bonchev–Trinajstić information content (AvgIpc) is 3.16. The van der Waals surface area contributed by atoms with Crippen LogP contribution in [0.1, 0.15) is 47.0 Å². The van der Waals surface area contributed by atoms with Gasteiger partial charge in [-0.2, -0.15) is 0 Å². The van der Waals surface area contributed by atoms with E-state index in [4.69, 9.17) is 0 Å². The second kappa shape index (κ2) is 5.32. The van der Waals surface area contributed by atoms with Gasteiger partial charge in [0, 0.05) is 41.5 Å². The first kappa shape index (κ1) is 14.0. The third-order valence-electron chi connectivity index (χ3n) is 5.42. The van der Waals surface area contributed by atoms with E-state index in [0.29, 0.717) is 12.1 Å². The Morgan fingerprint density at radius 3 is 2.96 bits per heavy atom. The smallest absolute Gasteiger partial charge is 0.0533 e. The molecule has 2 aliphatic heterocycles. The van der Waals surface area contributed by atoms with Gasteiger partial charge in [-0.3, -0.25) is 4.98 Å². The number of benzene rings is 1. The summed E-state index contributed by atoms with van der Waals surface area (Å²) in [5.74, 6) is 0. The lowest BCUT2D eigenvalue weighted by molar-refractivity contribution is 0.513. The van der Waals surface area contributed by atoms with Gasteiger partial charge in [0.15, 0.2) is 0 Å². The third-order valence-corrected chi connectivity index (χ3v) is 5.42. The molecule has 0 aliphatic carbocycles. The molecule has 3 heteroatoms. The molecule has 3 aromatic rings. The molecule has 2 aliphatic rings. The number of rotatable bonds is 2. The number of hydrogen-bond donors (Lipinski definition) is 2. The molecule has 0 amide bonds. The molecule has 0 saturated carbocycles. The molecular weight excluding hydrogens is 294 g/mol. The number of para-hydroxylation sites is 1. The fourth-order valence-electron chi connectivity index (χ4n) is 4.23. The Morgan fingerprint density at radius 2 is 2.08 bits per heavy atom. The summed E-state index contributed by atoms with van der Waals surface area (Å²) in [4.78, 5) is 8.09.